The molecule has 0 unspecified atom stereocenters. The van der Waals surface area contributed by atoms with Gasteiger partial charge in [0.15, 0.2) is 0 Å². The molecule has 0 N–H and O–H groups in total. The molecule has 0 saturated heterocycles. The molecule has 0 aliphatic rings. The molecule has 0 saturated carbocycles. The summed E-state index contributed by atoms with van der Waals surface area (Å²) in [5.74, 6) is -0.238. The van der Waals surface area contributed by atoms with Gasteiger partial charge in [-0.1, -0.05) is 0 Å². The number of aryl methyl sites for hydroxylation is 2. The molecule has 18 heavy (non-hydrogen) atoms. The first-order valence-electron chi connectivity index (χ1n) is 5.95. The lowest BCUT2D eigenvalue weighted by Crippen LogP contribution is -2.25. The van der Waals surface area contributed by atoms with Gasteiger partial charge in [0.05, 0.1) is 18.1 Å². The molecule has 0 fully saturated rings. The number of hydrogen-bond acceptors (Lipinski definition) is 3. The highest BCUT2D eigenvalue weighted by molar-refractivity contribution is 5.74. The predicted octanol–water partition coefficient (Wildman–Crippen LogP) is 3.06. The molecule has 0 spiro atoms. The summed E-state index contributed by atoms with van der Waals surface area (Å²) < 4.78 is 5.30. The lowest BCUT2D eigenvalue weighted by Gasteiger charge is -2.20. The molecule has 1 rings (SSSR count). The minimum absolute atomic E-state index is 0.238. The number of carbonyl (C=O) groups is 1. The average Bonchev–Trinajstić information content (AvgIpc) is 2.20. The fourth-order valence-corrected chi connectivity index (χ4v) is 1.86. The monoisotopic (exact) mass is 245 g/mol. The van der Waals surface area contributed by atoms with Gasteiger partial charge in [-0.25, -0.2) is 0 Å². The molecular weight excluding hydrogens is 226 g/mol. The van der Waals surface area contributed by atoms with E-state index in [0.717, 1.165) is 16.7 Å². The van der Waals surface area contributed by atoms with Crippen molar-refractivity contribution in [2.45, 2.75) is 46.6 Å². The maximum absolute atomic E-state index is 11.8. The van der Waals surface area contributed by atoms with Crippen LogP contribution in [-0.4, -0.2) is 11.6 Å². The molecule has 0 amide bonds. The van der Waals surface area contributed by atoms with E-state index in [9.17, 15) is 4.79 Å². The van der Waals surface area contributed by atoms with E-state index >= 15 is 0 Å². The lowest BCUT2D eigenvalue weighted by atomic mass is 9.97. The lowest BCUT2D eigenvalue weighted by molar-refractivity contribution is -0.153. The first-order valence-corrected chi connectivity index (χ1v) is 5.95. The number of ether oxygens (including phenoxy) is 1. The molecule has 0 atom stereocenters. The van der Waals surface area contributed by atoms with Gasteiger partial charge in [0.1, 0.15) is 5.60 Å². The second kappa shape index (κ2) is 5.22. The maximum atomic E-state index is 11.8. The quantitative estimate of drug-likeness (QED) is 0.752. The number of carbonyl (C=O) groups excluding carboxylic acids is 1. The fourth-order valence-electron chi connectivity index (χ4n) is 1.86. The molecule has 0 bridgehead atoms. The van der Waals surface area contributed by atoms with Crippen molar-refractivity contribution in [3.05, 3.63) is 34.4 Å². The van der Waals surface area contributed by atoms with Gasteiger partial charge in [0.2, 0.25) is 0 Å². The van der Waals surface area contributed by atoms with Gasteiger partial charge in [0.25, 0.3) is 0 Å². The van der Waals surface area contributed by atoms with Crippen molar-refractivity contribution in [1.29, 1.82) is 5.26 Å². The SMILES string of the molecule is Cc1cc(C#N)cc(C)c1CC(=O)OC(C)(C)C. The van der Waals surface area contributed by atoms with Gasteiger partial charge in [-0.2, -0.15) is 5.26 Å². The number of hydrogen-bond donors (Lipinski definition) is 0. The molecule has 1 aromatic rings. The number of rotatable bonds is 2. The molecule has 0 aliphatic heterocycles. The largest absolute Gasteiger partial charge is 0.460 e. The molecule has 3 nitrogen and oxygen atoms in total. The molecule has 3 heteroatoms. The third-order valence-corrected chi connectivity index (χ3v) is 2.57. The van der Waals surface area contributed by atoms with E-state index in [1.807, 2.05) is 34.6 Å². The summed E-state index contributed by atoms with van der Waals surface area (Å²) >= 11 is 0. The summed E-state index contributed by atoms with van der Waals surface area (Å²) in [6, 6.07) is 5.71. The van der Waals surface area contributed by atoms with E-state index in [4.69, 9.17) is 10.00 Å². The Morgan fingerprint density at radius 2 is 1.78 bits per heavy atom. The van der Waals surface area contributed by atoms with Crippen LogP contribution in [0.15, 0.2) is 12.1 Å². The highest BCUT2D eigenvalue weighted by Crippen LogP contribution is 2.18. The van der Waals surface area contributed by atoms with Crippen LogP contribution < -0.4 is 0 Å². The minimum Gasteiger partial charge on any atom is -0.460 e. The van der Waals surface area contributed by atoms with Crippen LogP contribution in [0.4, 0.5) is 0 Å². The van der Waals surface area contributed by atoms with Crippen molar-refractivity contribution in [2.75, 3.05) is 0 Å². The number of nitrogens with zero attached hydrogens (tertiary/aromatic N) is 1. The van der Waals surface area contributed by atoms with Crippen molar-refractivity contribution in [2.24, 2.45) is 0 Å². The third kappa shape index (κ3) is 3.89. The van der Waals surface area contributed by atoms with Gasteiger partial charge in [-0.3, -0.25) is 4.79 Å². The van der Waals surface area contributed by atoms with Crippen LogP contribution in [0.25, 0.3) is 0 Å². The van der Waals surface area contributed by atoms with Gasteiger partial charge in [-0.05, 0) is 63.4 Å². The topological polar surface area (TPSA) is 50.1 Å². The van der Waals surface area contributed by atoms with Crippen molar-refractivity contribution in [1.82, 2.24) is 0 Å². The standard InChI is InChI=1S/C15H19NO2/c1-10-6-12(9-16)7-11(2)13(10)8-14(17)18-15(3,4)5/h6-7H,8H2,1-5H3. The van der Waals surface area contributed by atoms with Crippen LogP contribution in [0.2, 0.25) is 0 Å². The Balaban J connectivity index is 2.93. The third-order valence-electron chi connectivity index (χ3n) is 2.57. The Bertz CT molecular complexity index is 481. The van der Waals surface area contributed by atoms with Crippen molar-refractivity contribution < 1.29 is 9.53 Å². The highest BCUT2D eigenvalue weighted by Gasteiger charge is 2.18. The van der Waals surface area contributed by atoms with E-state index in [1.54, 1.807) is 12.1 Å². The zero-order valence-corrected chi connectivity index (χ0v) is 11.6. The van der Waals surface area contributed by atoms with Crippen LogP contribution in [0.1, 0.15) is 43.0 Å². The van der Waals surface area contributed by atoms with E-state index in [0.29, 0.717) is 5.56 Å². The Hall–Kier alpha value is -1.82. The Morgan fingerprint density at radius 1 is 1.28 bits per heavy atom. The molecule has 0 aliphatic carbocycles. The smallest absolute Gasteiger partial charge is 0.310 e. The van der Waals surface area contributed by atoms with E-state index < -0.39 is 5.60 Å². The van der Waals surface area contributed by atoms with E-state index in [2.05, 4.69) is 6.07 Å². The number of benzene rings is 1. The molecule has 0 heterocycles. The molecule has 1 aromatic carbocycles. The average molecular weight is 245 g/mol. The molecule has 96 valence electrons. The Labute approximate surface area is 108 Å². The molecule has 0 radical (unpaired) electrons. The van der Waals surface area contributed by atoms with Crippen molar-refractivity contribution in [3.8, 4) is 6.07 Å². The number of nitriles is 1. The van der Waals surface area contributed by atoms with Crippen LogP contribution >= 0.6 is 0 Å². The Morgan fingerprint density at radius 3 is 2.17 bits per heavy atom. The summed E-state index contributed by atoms with van der Waals surface area (Å²) in [5.41, 5.74) is 3.02. The first kappa shape index (κ1) is 14.2. The van der Waals surface area contributed by atoms with Crippen LogP contribution in [0, 0.1) is 25.2 Å². The summed E-state index contributed by atoms with van der Waals surface area (Å²) in [6.45, 7) is 9.37. The normalized spacial score (nSPS) is 10.9. The second-order valence-corrected chi connectivity index (χ2v) is 5.46. The minimum atomic E-state index is -0.467. The Kier molecular flexibility index (Phi) is 4.13. The summed E-state index contributed by atoms with van der Waals surface area (Å²) in [5, 5.41) is 8.87. The second-order valence-electron chi connectivity index (χ2n) is 5.46. The first-order chi connectivity index (χ1) is 8.23. The zero-order valence-electron chi connectivity index (χ0n) is 11.6. The summed E-state index contributed by atoms with van der Waals surface area (Å²) in [7, 11) is 0. The van der Waals surface area contributed by atoms with Gasteiger partial charge in [-0.15, -0.1) is 0 Å². The highest BCUT2D eigenvalue weighted by atomic mass is 16.6. The fraction of sp³-hybridized carbons (Fsp3) is 0.467. The maximum Gasteiger partial charge on any atom is 0.310 e. The van der Waals surface area contributed by atoms with E-state index in [1.165, 1.54) is 0 Å². The zero-order chi connectivity index (χ0) is 13.9. The van der Waals surface area contributed by atoms with E-state index in [-0.39, 0.29) is 12.4 Å². The van der Waals surface area contributed by atoms with Crippen molar-refractivity contribution >= 4 is 5.97 Å². The van der Waals surface area contributed by atoms with Crippen molar-refractivity contribution in [3.63, 3.8) is 0 Å². The predicted molar refractivity (Wildman–Crippen MR) is 70.2 cm³/mol. The van der Waals surface area contributed by atoms with Crippen LogP contribution in [0.5, 0.6) is 0 Å². The van der Waals surface area contributed by atoms with Crippen LogP contribution in [-0.2, 0) is 16.0 Å². The summed E-state index contributed by atoms with van der Waals surface area (Å²) in [6.07, 6.45) is 0.251. The van der Waals surface area contributed by atoms with Gasteiger partial charge < -0.3 is 4.74 Å². The van der Waals surface area contributed by atoms with Crippen LogP contribution in [0.3, 0.4) is 0 Å². The number of esters is 1. The van der Waals surface area contributed by atoms with Gasteiger partial charge >= 0.3 is 5.97 Å². The summed E-state index contributed by atoms with van der Waals surface area (Å²) in [4.78, 5) is 11.8. The molecular formula is C15H19NO2. The van der Waals surface area contributed by atoms with Gasteiger partial charge in [0, 0.05) is 0 Å². The molecule has 0 aromatic heterocycles.